The van der Waals surface area contributed by atoms with Gasteiger partial charge in [-0.2, -0.15) is 0 Å². The molecule has 24 heavy (non-hydrogen) atoms. The van der Waals surface area contributed by atoms with Gasteiger partial charge in [-0.05, 0) is 67.6 Å². The van der Waals surface area contributed by atoms with Crippen LogP contribution in [0.3, 0.4) is 0 Å². The van der Waals surface area contributed by atoms with Crippen molar-refractivity contribution in [3.8, 4) is 5.75 Å². The first-order chi connectivity index (χ1) is 11.5. The van der Waals surface area contributed by atoms with Crippen molar-refractivity contribution in [2.24, 2.45) is 11.3 Å². The summed E-state index contributed by atoms with van der Waals surface area (Å²) in [6, 6.07) is 7.30. The van der Waals surface area contributed by atoms with Gasteiger partial charge in [0.15, 0.2) is 0 Å². The topological polar surface area (TPSA) is 21.7 Å². The highest BCUT2D eigenvalue weighted by Crippen LogP contribution is 2.64. The fourth-order valence-corrected chi connectivity index (χ4v) is 6.23. The van der Waals surface area contributed by atoms with E-state index in [-0.39, 0.29) is 16.9 Å². The highest BCUT2D eigenvalue weighted by molar-refractivity contribution is 5.53. The van der Waals surface area contributed by atoms with Crippen LogP contribution >= 0.6 is 0 Å². The molecule has 0 radical (unpaired) electrons. The fraction of sp³-hybridized carbons (Fsp3) is 0.619. The maximum Gasteiger partial charge on any atom is 0.119 e. The number of piperidine rings is 1. The first kappa shape index (κ1) is 15.0. The molecule has 3 fully saturated rings. The number of benzene rings is 1. The van der Waals surface area contributed by atoms with E-state index >= 15 is 0 Å². The van der Waals surface area contributed by atoms with Crippen LogP contribution in [0.2, 0.25) is 0 Å². The van der Waals surface area contributed by atoms with Crippen LogP contribution in [0.4, 0.5) is 0 Å². The molecule has 5 rings (SSSR count). The average Bonchev–Trinajstić information content (AvgIpc) is 2.56. The minimum atomic E-state index is 0.0733. The Labute approximate surface area is 144 Å². The van der Waals surface area contributed by atoms with Crippen LogP contribution in [0.5, 0.6) is 5.75 Å². The molecule has 2 aliphatic carbocycles. The summed E-state index contributed by atoms with van der Waals surface area (Å²) < 4.78 is 11.6. The second-order valence-corrected chi connectivity index (χ2v) is 8.68. The number of ether oxygens (including phenoxy) is 2. The highest BCUT2D eigenvalue weighted by Gasteiger charge is 2.64. The largest absolute Gasteiger partial charge is 0.497 e. The normalized spacial score (nSPS) is 43.3. The number of rotatable bonds is 1. The molecule has 0 N–H and O–H groups in total. The van der Waals surface area contributed by atoms with Crippen molar-refractivity contribution in [3.63, 3.8) is 0 Å². The van der Waals surface area contributed by atoms with E-state index < -0.39 is 0 Å². The maximum atomic E-state index is 6.04. The SMILES string of the molecule is C=C1C2OC[C@]2(C)CC2C3Cc4ccc(OC)cc4C12CCN3C. The first-order valence-electron chi connectivity index (χ1n) is 9.18. The molecule has 3 heteroatoms. The second-order valence-electron chi connectivity index (χ2n) is 8.68. The number of hydrogen-bond acceptors (Lipinski definition) is 3. The second kappa shape index (κ2) is 4.64. The van der Waals surface area contributed by atoms with Crippen molar-refractivity contribution in [1.29, 1.82) is 0 Å². The lowest BCUT2D eigenvalue weighted by atomic mass is 9.45. The first-order valence-corrected chi connectivity index (χ1v) is 9.18. The number of methoxy groups -OCH3 is 1. The smallest absolute Gasteiger partial charge is 0.119 e. The van der Waals surface area contributed by atoms with Crippen LogP contribution in [-0.4, -0.2) is 44.4 Å². The summed E-state index contributed by atoms with van der Waals surface area (Å²) in [5, 5.41) is 0. The minimum Gasteiger partial charge on any atom is -0.497 e. The van der Waals surface area contributed by atoms with Crippen molar-refractivity contribution in [2.45, 2.75) is 43.7 Å². The van der Waals surface area contributed by atoms with Gasteiger partial charge < -0.3 is 14.4 Å². The summed E-state index contributed by atoms with van der Waals surface area (Å²) >= 11 is 0. The van der Waals surface area contributed by atoms with E-state index in [2.05, 4.69) is 43.6 Å². The predicted molar refractivity (Wildman–Crippen MR) is 94.5 cm³/mol. The molecule has 1 aromatic carbocycles. The Morgan fingerprint density at radius 1 is 1.38 bits per heavy atom. The Hall–Kier alpha value is -1.32. The van der Waals surface area contributed by atoms with Gasteiger partial charge in [0.25, 0.3) is 0 Å². The number of nitrogens with zero attached hydrogens (tertiary/aromatic N) is 1. The number of likely N-dealkylation sites (N-methyl/N-ethyl adjacent to an activating group) is 1. The lowest BCUT2D eigenvalue weighted by molar-refractivity contribution is -0.203. The summed E-state index contributed by atoms with van der Waals surface area (Å²) in [7, 11) is 4.07. The van der Waals surface area contributed by atoms with Gasteiger partial charge in [-0.1, -0.05) is 19.6 Å². The molecule has 2 bridgehead atoms. The third-order valence-electron chi connectivity index (χ3n) is 7.54. The van der Waals surface area contributed by atoms with Crippen molar-refractivity contribution >= 4 is 0 Å². The number of likely N-dealkylation sites (tertiary alicyclic amines) is 1. The Bertz CT molecular complexity index is 729. The Kier molecular flexibility index (Phi) is 2.90. The molecule has 0 amide bonds. The van der Waals surface area contributed by atoms with Crippen LogP contribution in [0.25, 0.3) is 0 Å². The van der Waals surface area contributed by atoms with Gasteiger partial charge in [-0.3, -0.25) is 0 Å². The van der Waals surface area contributed by atoms with Crippen molar-refractivity contribution < 1.29 is 9.47 Å². The molecule has 4 unspecified atom stereocenters. The molecule has 2 saturated heterocycles. The van der Waals surface area contributed by atoms with E-state index in [1.807, 2.05) is 0 Å². The Balaban J connectivity index is 1.73. The van der Waals surface area contributed by atoms with E-state index in [0.29, 0.717) is 12.0 Å². The van der Waals surface area contributed by atoms with E-state index in [9.17, 15) is 0 Å². The zero-order valence-electron chi connectivity index (χ0n) is 15.0. The monoisotopic (exact) mass is 325 g/mol. The zero-order valence-corrected chi connectivity index (χ0v) is 15.0. The van der Waals surface area contributed by atoms with Gasteiger partial charge in [-0.25, -0.2) is 0 Å². The van der Waals surface area contributed by atoms with E-state index in [0.717, 1.165) is 31.7 Å². The van der Waals surface area contributed by atoms with Gasteiger partial charge in [0.05, 0.1) is 19.8 Å². The molecule has 5 atom stereocenters. The van der Waals surface area contributed by atoms with Gasteiger partial charge in [0.2, 0.25) is 0 Å². The molecule has 128 valence electrons. The summed E-state index contributed by atoms with van der Waals surface area (Å²) in [5.41, 5.74) is 4.65. The van der Waals surface area contributed by atoms with Gasteiger partial charge >= 0.3 is 0 Å². The van der Waals surface area contributed by atoms with Crippen molar-refractivity contribution in [1.82, 2.24) is 4.90 Å². The Morgan fingerprint density at radius 2 is 2.21 bits per heavy atom. The van der Waals surface area contributed by atoms with E-state index in [1.54, 1.807) is 7.11 Å². The van der Waals surface area contributed by atoms with E-state index in [4.69, 9.17) is 9.47 Å². The highest BCUT2D eigenvalue weighted by atomic mass is 16.5. The molecular weight excluding hydrogens is 298 g/mol. The lowest BCUT2D eigenvalue weighted by Gasteiger charge is -2.67. The fourth-order valence-electron chi connectivity index (χ4n) is 6.23. The lowest BCUT2D eigenvalue weighted by Crippen LogP contribution is -2.69. The number of fused-ring (bicyclic) bond motifs is 2. The number of hydrogen-bond donors (Lipinski definition) is 0. The third kappa shape index (κ3) is 1.60. The van der Waals surface area contributed by atoms with Gasteiger partial charge in [0.1, 0.15) is 5.75 Å². The quantitative estimate of drug-likeness (QED) is 0.740. The molecular formula is C21H27NO2. The molecule has 0 spiro atoms. The van der Waals surface area contributed by atoms with Crippen LogP contribution in [0.1, 0.15) is 30.9 Å². The maximum absolute atomic E-state index is 6.04. The Morgan fingerprint density at radius 3 is 2.92 bits per heavy atom. The molecule has 2 aliphatic heterocycles. The molecule has 4 aliphatic rings. The molecule has 0 aromatic heterocycles. The van der Waals surface area contributed by atoms with Crippen LogP contribution < -0.4 is 4.74 Å². The van der Waals surface area contributed by atoms with Crippen molar-refractivity contribution in [2.75, 3.05) is 27.3 Å². The van der Waals surface area contributed by atoms with Crippen LogP contribution in [-0.2, 0) is 16.6 Å². The predicted octanol–water partition coefficient (Wildman–Crippen LogP) is 3.17. The van der Waals surface area contributed by atoms with Crippen LogP contribution in [0, 0.1) is 11.3 Å². The van der Waals surface area contributed by atoms with Crippen LogP contribution in [0.15, 0.2) is 30.4 Å². The third-order valence-corrected chi connectivity index (χ3v) is 7.54. The minimum absolute atomic E-state index is 0.0733. The molecule has 1 aromatic rings. The zero-order chi connectivity index (χ0) is 16.7. The molecule has 1 saturated carbocycles. The average molecular weight is 325 g/mol. The van der Waals surface area contributed by atoms with Gasteiger partial charge in [-0.15, -0.1) is 0 Å². The molecule has 2 heterocycles. The molecule has 3 nitrogen and oxygen atoms in total. The summed E-state index contributed by atoms with van der Waals surface area (Å²) in [6.45, 7) is 9.06. The summed E-state index contributed by atoms with van der Waals surface area (Å²) in [5.74, 6) is 1.61. The van der Waals surface area contributed by atoms with E-state index in [1.165, 1.54) is 23.1 Å². The summed E-state index contributed by atoms with van der Waals surface area (Å²) in [4.78, 5) is 2.59. The standard InChI is InChI=1S/C21H27NO2/c1-13-19-20(2,12-24-19)11-17-18-9-14-5-6-15(23-4)10-16(14)21(13,17)7-8-22(18)3/h5-6,10,17-19H,1,7-9,11-12H2,2-4H3/t17?,18?,19?,20-,21?/m0/s1. The summed E-state index contributed by atoms with van der Waals surface area (Å²) in [6.07, 6.45) is 3.79. The van der Waals surface area contributed by atoms with Crippen molar-refractivity contribution in [3.05, 3.63) is 41.5 Å². The van der Waals surface area contributed by atoms with Gasteiger partial charge in [0, 0.05) is 16.9 Å².